The molecule has 0 radical (unpaired) electrons. The maximum absolute atomic E-state index is 13.5. The van der Waals surface area contributed by atoms with E-state index in [2.05, 4.69) is 11.4 Å². The molecule has 2 aliphatic heterocycles. The molecule has 0 bridgehead atoms. The van der Waals surface area contributed by atoms with Crippen LogP contribution in [0.5, 0.6) is 0 Å². The molecule has 5 rings (SSSR count). The van der Waals surface area contributed by atoms with Crippen molar-refractivity contribution in [2.75, 3.05) is 10.2 Å². The number of allylic oxidation sites excluding steroid dienone is 1. The second-order valence-electron chi connectivity index (χ2n) is 7.51. The number of nitriles is 1. The molecule has 1 unspecified atom stereocenters. The Morgan fingerprint density at radius 3 is 2.60 bits per heavy atom. The van der Waals surface area contributed by atoms with Gasteiger partial charge in [0.1, 0.15) is 17.3 Å². The van der Waals surface area contributed by atoms with Gasteiger partial charge in [-0.15, -0.1) is 0 Å². The topological polar surface area (TPSA) is 99.2 Å². The van der Waals surface area contributed by atoms with Crippen molar-refractivity contribution in [3.63, 3.8) is 0 Å². The number of fused-ring (bicyclic) bond motifs is 3. The van der Waals surface area contributed by atoms with Gasteiger partial charge in [-0.05, 0) is 31.0 Å². The summed E-state index contributed by atoms with van der Waals surface area (Å²) in [6.45, 7) is 0. The molecule has 7 heteroatoms. The van der Waals surface area contributed by atoms with E-state index in [0.717, 1.165) is 0 Å². The molecule has 148 valence electrons. The monoisotopic (exact) mass is 416 g/mol. The van der Waals surface area contributed by atoms with Gasteiger partial charge < -0.3 is 11.1 Å². The van der Waals surface area contributed by atoms with Crippen LogP contribution in [0.25, 0.3) is 0 Å². The Morgan fingerprint density at radius 1 is 1.10 bits per heavy atom. The zero-order valence-electron chi connectivity index (χ0n) is 15.9. The van der Waals surface area contributed by atoms with Crippen LogP contribution in [0, 0.1) is 11.3 Å². The van der Waals surface area contributed by atoms with Crippen LogP contribution in [-0.2, 0) is 15.0 Å². The number of carbonyl (C=O) groups excluding carboxylic acids is 2. The highest BCUT2D eigenvalue weighted by Gasteiger charge is 2.60. The summed E-state index contributed by atoms with van der Waals surface area (Å²) in [5.74, 6) is -0.462. The highest BCUT2D eigenvalue weighted by atomic mass is 35.5. The molecule has 2 aromatic rings. The summed E-state index contributed by atoms with van der Waals surface area (Å²) in [6.07, 6.45) is 1.49. The first kappa shape index (κ1) is 18.5. The Labute approximate surface area is 178 Å². The smallest absolute Gasteiger partial charge is 0.245 e. The highest BCUT2D eigenvalue weighted by molar-refractivity contribution is 6.33. The number of carbonyl (C=O) groups is 2. The highest BCUT2D eigenvalue weighted by Crippen LogP contribution is 2.55. The van der Waals surface area contributed by atoms with Gasteiger partial charge in [-0.2, -0.15) is 5.26 Å². The SMILES string of the molecule is N#CC1=C(N)N(c2ccccc2Cl)C2=C(C(=O)CCC2)C12C(=O)Nc1ccccc12. The number of para-hydroxylation sites is 2. The number of nitrogens with zero attached hydrogens (tertiary/aromatic N) is 2. The van der Waals surface area contributed by atoms with E-state index < -0.39 is 11.3 Å². The molecule has 2 heterocycles. The largest absolute Gasteiger partial charge is 0.384 e. The van der Waals surface area contributed by atoms with Gasteiger partial charge in [-0.25, -0.2) is 0 Å². The molecule has 2 aromatic carbocycles. The van der Waals surface area contributed by atoms with E-state index >= 15 is 0 Å². The Morgan fingerprint density at radius 2 is 1.83 bits per heavy atom. The lowest BCUT2D eigenvalue weighted by atomic mass is 9.64. The van der Waals surface area contributed by atoms with Gasteiger partial charge in [0.05, 0.1) is 16.3 Å². The van der Waals surface area contributed by atoms with Crippen LogP contribution < -0.4 is 16.0 Å². The van der Waals surface area contributed by atoms with Crippen molar-refractivity contribution in [2.24, 2.45) is 5.73 Å². The Balaban J connectivity index is 1.91. The maximum atomic E-state index is 13.5. The van der Waals surface area contributed by atoms with Crippen molar-refractivity contribution in [1.29, 1.82) is 5.26 Å². The predicted octanol–water partition coefficient (Wildman–Crippen LogP) is 3.75. The number of nitrogens with two attached hydrogens (primary N) is 1. The van der Waals surface area contributed by atoms with Gasteiger partial charge in [-0.3, -0.25) is 14.5 Å². The van der Waals surface area contributed by atoms with Gasteiger partial charge in [0, 0.05) is 28.9 Å². The van der Waals surface area contributed by atoms with Crippen LogP contribution in [0.4, 0.5) is 11.4 Å². The quantitative estimate of drug-likeness (QED) is 0.737. The van der Waals surface area contributed by atoms with Crippen molar-refractivity contribution in [1.82, 2.24) is 0 Å². The summed E-state index contributed by atoms with van der Waals surface area (Å²) in [5, 5.41) is 13.5. The maximum Gasteiger partial charge on any atom is 0.245 e. The fourth-order valence-electron chi connectivity index (χ4n) is 4.85. The second kappa shape index (κ2) is 6.48. The molecule has 0 saturated carbocycles. The molecule has 3 N–H and O–H groups in total. The molecule has 30 heavy (non-hydrogen) atoms. The molecule has 0 fully saturated rings. The number of amides is 1. The van der Waals surface area contributed by atoms with Crippen molar-refractivity contribution in [3.8, 4) is 6.07 Å². The lowest BCUT2D eigenvalue weighted by Gasteiger charge is -2.43. The minimum absolute atomic E-state index is 0.0406. The Kier molecular flexibility index (Phi) is 3.99. The van der Waals surface area contributed by atoms with E-state index in [4.69, 9.17) is 17.3 Å². The predicted molar refractivity (Wildman–Crippen MR) is 113 cm³/mol. The van der Waals surface area contributed by atoms with Crippen molar-refractivity contribution in [2.45, 2.75) is 24.7 Å². The molecular weight excluding hydrogens is 400 g/mol. The number of anilines is 2. The molecular formula is C23H17ClN4O2. The van der Waals surface area contributed by atoms with Crippen LogP contribution in [0.3, 0.4) is 0 Å². The number of rotatable bonds is 1. The summed E-state index contributed by atoms with van der Waals surface area (Å²) in [5.41, 5.74) is 7.75. The first-order valence-corrected chi connectivity index (χ1v) is 10.0. The van der Waals surface area contributed by atoms with Crippen LogP contribution in [0.15, 0.2) is 71.2 Å². The van der Waals surface area contributed by atoms with Crippen molar-refractivity contribution in [3.05, 3.63) is 81.8 Å². The molecule has 1 atom stereocenters. The van der Waals surface area contributed by atoms with E-state index in [1.54, 1.807) is 47.4 Å². The third kappa shape index (κ3) is 2.18. The Bertz CT molecular complexity index is 1240. The number of hydrogen-bond donors (Lipinski definition) is 2. The standard InChI is InChI=1S/C23H17ClN4O2/c24-15-7-2-4-9-17(15)28-18-10-5-11-19(29)20(18)23(14(12-25)21(28)26)13-6-1-3-8-16(13)27-22(23)30/h1-4,6-9H,5,10-11,26H2,(H,27,30). The first-order chi connectivity index (χ1) is 14.5. The third-order valence-electron chi connectivity index (χ3n) is 6.03. The molecule has 1 amide bonds. The fraction of sp³-hybridized carbons (Fsp3) is 0.174. The number of hydrogen-bond acceptors (Lipinski definition) is 5. The van der Waals surface area contributed by atoms with Crippen molar-refractivity contribution >= 4 is 34.7 Å². The van der Waals surface area contributed by atoms with Gasteiger partial charge in [-0.1, -0.05) is 41.9 Å². The van der Waals surface area contributed by atoms with E-state index in [-0.39, 0.29) is 17.2 Å². The summed E-state index contributed by atoms with van der Waals surface area (Å²) < 4.78 is 0. The van der Waals surface area contributed by atoms with E-state index in [0.29, 0.717) is 52.5 Å². The number of ketones is 1. The molecule has 1 aliphatic carbocycles. The van der Waals surface area contributed by atoms with E-state index in [9.17, 15) is 14.9 Å². The van der Waals surface area contributed by atoms with Gasteiger partial charge >= 0.3 is 0 Å². The summed E-state index contributed by atoms with van der Waals surface area (Å²) in [4.78, 5) is 28.4. The zero-order valence-corrected chi connectivity index (χ0v) is 16.7. The van der Waals surface area contributed by atoms with Crippen molar-refractivity contribution < 1.29 is 9.59 Å². The first-order valence-electron chi connectivity index (χ1n) is 9.64. The number of nitrogens with one attached hydrogen (secondary N) is 1. The number of benzene rings is 2. The normalized spacial score (nSPS) is 22.7. The number of halogens is 1. The summed E-state index contributed by atoms with van der Waals surface area (Å²) >= 11 is 6.45. The van der Waals surface area contributed by atoms with Crippen LogP contribution >= 0.6 is 11.6 Å². The molecule has 1 spiro atoms. The second-order valence-corrected chi connectivity index (χ2v) is 7.91. The van der Waals surface area contributed by atoms with Crippen LogP contribution in [-0.4, -0.2) is 11.7 Å². The molecule has 0 saturated heterocycles. The fourth-order valence-corrected chi connectivity index (χ4v) is 5.07. The lowest BCUT2D eigenvalue weighted by Crippen LogP contribution is -2.50. The minimum Gasteiger partial charge on any atom is -0.384 e. The molecule has 3 aliphatic rings. The average molecular weight is 417 g/mol. The van der Waals surface area contributed by atoms with Crippen LogP contribution in [0.2, 0.25) is 5.02 Å². The zero-order chi connectivity index (χ0) is 21.0. The van der Waals surface area contributed by atoms with E-state index in [1.807, 2.05) is 6.07 Å². The summed E-state index contributed by atoms with van der Waals surface area (Å²) in [6, 6.07) is 16.4. The van der Waals surface area contributed by atoms with Gasteiger partial charge in [0.15, 0.2) is 5.78 Å². The minimum atomic E-state index is -1.54. The van der Waals surface area contributed by atoms with Gasteiger partial charge in [0.2, 0.25) is 5.91 Å². The van der Waals surface area contributed by atoms with E-state index in [1.165, 1.54) is 0 Å². The third-order valence-corrected chi connectivity index (χ3v) is 6.35. The Hall–Kier alpha value is -3.56. The van der Waals surface area contributed by atoms with Gasteiger partial charge in [0.25, 0.3) is 0 Å². The average Bonchev–Trinajstić information content (AvgIpc) is 3.02. The van der Waals surface area contributed by atoms with Crippen LogP contribution in [0.1, 0.15) is 24.8 Å². The summed E-state index contributed by atoms with van der Waals surface area (Å²) in [7, 11) is 0. The molecule has 0 aromatic heterocycles. The molecule has 6 nitrogen and oxygen atoms in total. The lowest BCUT2D eigenvalue weighted by molar-refractivity contribution is -0.122. The number of Topliss-reactive ketones (excluding diaryl/α,β-unsaturated/α-hetero) is 1.